The molecule has 0 saturated carbocycles. The molecule has 1 aliphatic heterocycles. The highest BCUT2D eigenvalue weighted by Crippen LogP contribution is 2.40. The maximum absolute atomic E-state index is 12.5. The summed E-state index contributed by atoms with van der Waals surface area (Å²) in [6.45, 7) is 9.74. The minimum atomic E-state index is -1.04. The number of benzene rings is 4. The molecule has 6 nitrogen and oxygen atoms in total. The predicted octanol–water partition coefficient (Wildman–Crippen LogP) is 8.44. The molecule has 1 fully saturated rings. The summed E-state index contributed by atoms with van der Waals surface area (Å²) >= 11 is 0. The Kier molecular flexibility index (Phi) is 13.1. The van der Waals surface area contributed by atoms with E-state index in [1.165, 1.54) is 16.7 Å². The molecular formula is C42H48O6. The second-order valence-electron chi connectivity index (χ2n) is 12.7. The summed E-state index contributed by atoms with van der Waals surface area (Å²) in [6, 6.07) is 35.0. The van der Waals surface area contributed by atoms with Crippen molar-refractivity contribution in [1.82, 2.24) is 0 Å². The minimum absolute atomic E-state index is 0.346. The van der Waals surface area contributed by atoms with Gasteiger partial charge in [0.05, 0.1) is 25.9 Å². The first-order valence-corrected chi connectivity index (χ1v) is 17.0. The van der Waals surface area contributed by atoms with Crippen LogP contribution in [-0.2, 0) is 49.8 Å². The van der Waals surface area contributed by atoms with Gasteiger partial charge in [-0.25, -0.2) is 4.79 Å². The number of hydrogen-bond acceptors (Lipinski definition) is 5. The lowest BCUT2D eigenvalue weighted by Gasteiger charge is -2.44. The smallest absolute Gasteiger partial charge is 0.333 e. The van der Waals surface area contributed by atoms with Crippen LogP contribution < -0.4 is 0 Å². The van der Waals surface area contributed by atoms with Crippen molar-refractivity contribution >= 4 is 5.97 Å². The highest BCUT2D eigenvalue weighted by Gasteiger charge is 2.48. The lowest BCUT2D eigenvalue weighted by molar-refractivity contribution is -0.237. The maximum atomic E-state index is 12.5. The lowest BCUT2D eigenvalue weighted by Crippen LogP contribution is -2.54. The van der Waals surface area contributed by atoms with Gasteiger partial charge in [0.15, 0.2) is 6.10 Å². The Bertz CT molecular complexity index is 1570. The highest BCUT2D eigenvalue weighted by atomic mass is 16.6. The summed E-state index contributed by atoms with van der Waals surface area (Å²) in [5, 5.41) is 10.3. The van der Waals surface area contributed by atoms with E-state index in [-0.39, 0.29) is 0 Å². The van der Waals surface area contributed by atoms with Crippen LogP contribution in [0.15, 0.2) is 116 Å². The van der Waals surface area contributed by atoms with Crippen molar-refractivity contribution in [2.75, 3.05) is 13.2 Å². The van der Waals surface area contributed by atoms with Gasteiger partial charge >= 0.3 is 5.97 Å². The number of ether oxygens (including phenoxy) is 4. The summed E-state index contributed by atoms with van der Waals surface area (Å²) < 4.78 is 25.1. The largest absolute Gasteiger partial charge is 0.479 e. The molecule has 6 heteroatoms. The van der Waals surface area contributed by atoms with Crippen LogP contribution in [0.5, 0.6) is 0 Å². The quantitative estimate of drug-likeness (QED) is 0.0915. The van der Waals surface area contributed by atoms with Gasteiger partial charge in [0.2, 0.25) is 0 Å². The number of carboxylic acid groups (broad SMARTS) is 1. The van der Waals surface area contributed by atoms with Gasteiger partial charge in [-0.15, -0.1) is 6.58 Å². The fraction of sp³-hybridized carbons (Fsp3) is 0.357. The molecular weight excluding hydrogens is 600 g/mol. The molecule has 1 heterocycles. The first kappa shape index (κ1) is 35.2. The zero-order valence-electron chi connectivity index (χ0n) is 28.1. The molecule has 0 unspecified atom stereocenters. The van der Waals surface area contributed by atoms with E-state index in [9.17, 15) is 9.90 Å². The molecule has 0 spiro atoms. The normalized spacial score (nSPS) is 20.8. The Morgan fingerprint density at radius 3 is 2.06 bits per heavy atom. The topological polar surface area (TPSA) is 74.2 Å². The van der Waals surface area contributed by atoms with Crippen LogP contribution in [0.25, 0.3) is 0 Å². The first-order chi connectivity index (χ1) is 23.4. The molecule has 4 aromatic rings. The van der Waals surface area contributed by atoms with Crippen LogP contribution in [0.1, 0.15) is 64.8 Å². The number of carboxylic acids is 1. The number of unbranched alkanes of at least 4 members (excludes halogenated alkanes) is 1. The molecule has 48 heavy (non-hydrogen) atoms. The molecule has 1 N–H and O–H groups in total. The Balaban J connectivity index is 1.37. The summed E-state index contributed by atoms with van der Waals surface area (Å²) in [5.74, 6) is -1.44. The molecule has 4 aromatic carbocycles. The first-order valence-electron chi connectivity index (χ1n) is 17.0. The van der Waals surface area contributed by atoms with Crippen molar-refractivity contribution < 1.29 is 28.8 Å². The number of rotatable bonds is 17. The van der Waals surface area contributed by atoms with Crippen molar-refractivity contribution in [1.29, 1.82) is 0 Å². The van der Waals surface area contributed by atoms with Crippen LogP contribution in [0.3, 0.4) is 0 Å². The number of aryl methyl sites for hydroxylation is 2. The van der Waals surface area contributed by atoms with E-state index in [4.69, 9.17) is 18.9 Å². The average molecular weight is 649 g/mol. The van der Waals surface area contributed by atoms with Gasteiger partial charge in [0.1, 0.15) is 12.2 Å². The number of hydrogen-bond donors (Lipinski definition) is 1. The van der Waals surface area contributed by atoms with Crippen LogP contribution >= 0.6 is 0 Å². The predicted molar refractivity (Wildman–Crippen MR) is 189 cm³/mol. The van der Waals surface area contributed by atoms with Gasteiger partial charge in [-0.3, -0.25) is 0 Å². The van der Waals surface area contributed by atoms with E-state index in [1.54, 1.807) is 6.08 Å². The van der Waals surface area contributed by atoms with Gasteiger partial charge in [-0.2, -0.15) is 0 Å². The monoisotopic (exact) mass is 648 g/mol. The van der Waals surface area contributed by atoms with Crippen LogP contribution in [0, 0.1) is 12.8 Å². The minimum Gasteiger partial charge on any atom is -0.479 e. The van der Waals surface area contributed by atoms with E-state index >= 15 is 0 Å². The fourth-order valence-corrected chi connectivity index (χ4v) is 6.32. The molecule has 0 aliphatic carbocycles. The van der Waals surface area contributed by atoms with Crippen molar-refractivity contribution in [2.24, 2.45) is 5.92 Å². The van der Waals surface area contributed by atoms with Crippen molar-refractivity contribution in [3.05, 3.63) is 155 Å². The summed E-state index contributed by atoms with van der Waals surface area (Å²) in [7, 11) is 0. The summed E-state index contributed by atoms with van der Waals surface area (Å²) in [4.78, 5) is 12.5. The summed E-state index contributed by atoms with van der Waals surface area (Å²) in [6.07, 6.45) is 2.94. The van der Waals surface area contributed by atoms with Crippen molar-refractivity contribution in [3.63, 3.8) is 0 Å². The fourth-order valence-electron chi connectivity index (χ4n) is 6.32. The van der Waals surface area contributed by atoms with Gasteiger partial charge < -0.3 is 24.1 Å². The molecule has 5 rings (SSSR count). The molecule has 0 aromatic heterocycles. The van der Waals surface area contributed by atoms with Crippen molar-refractivity contribution in [3.8, 4) is 0 Å². The number of aliphatic carboxylic acids is 1. The lowest BCUT2D eigenvalue weighted by atomic mass is 9.84. The standard InChI is InChI=1S/C42H48O6/c1-4-24-45-25-12-11-13-32-19-21-33(22-20-32)26-37-27-36(23-18-30(37)2)40-41(47-29-35-16-9-6-10-17-35)38(31(3)39(48-40)42(43)44)46-28-34-14-7-5-8-15-34/h4-10,14-23,27,31,38-41H,1,11-13,24-26,28-29H2,2-3H3,(H,43,44)/t31-,38-,39-,40-,41+/m0/s1. The zero-order chi connectivity index (χ0) is 33.7. The molecule has 5 atom stereocenters. The Morgan fingerprint density at radius 1 is 0.812 bits per heavy atom. The molecule has 0 radical (unpaired) electrons. The summed E-state index contributed by atoms with van der Waals surface area (Å²) in [5.41, 5.74) is 7.79. The SMILES string of the molecule is C=CCOCCCCc1ccc(Cc2cc([C@@H]3O[C@H](C(=O)O)[C@@H](C)[C@H](OCc4ccccc4)[C@H]3OCc3ccccc3)ccc2C)cc1. The molecule has 0 amide bonds. The molecule has 1 saturated heterocycles. The van der Waals surface area contributed by atoms with E-state index in [2.05, 4.69) is 49.9 Å². The Labute approximate surface area is 285 Å². The third kappa shape index (κ3) is 9.74. The Morgan fingerprint density at radius 2 is 1.44 bits per heavy atom. The second-order valence-corrected chi connectivity index (χ2v) is 12.7. The third-order valence-electron chi connectivity index (χ3n) is 9.08. The van der Waals surface area contributed by atoms with Gasteiger partial charge in [0.25, 0.3) is 0 Å². The van der Waals surface area contributed by atoms with Crippen LogP contribution in [-0.4, -0.2) is 42.6 Å². The second kappa shape index (κ2) is 17.9. The van der Waals surface area contributed by atoms with Gasteiger partial charge in [-0.05, 0) is 71.6 Å². The third-order valence-corrected chi connectivity index (χ3v) is 9.08. The molecule has 252 valence electrons. The number of carbonyl (C=O) groups is 1. The van der Waals surface area contributed by atoms with Gasteiger partial charge in [-0.1, -0.05) is 116 Å². The average Bonchev–Trinajstić information content (AvgIpc) is 3.11. The molecule has 0 bridgehead atoms. The van der Waals surface area contributed by atoms with E-state index in [0.29, 0.717) is 19.8 Å². The van der Waals surface area contributed by atoms with Crippen molar-refractivity contribution in [2.45, 2.75) is 77.2 Å². The highest BCUT2D eigenvalue weighted by molar-refractivity contribution is 5.73. The van der Waals surface area contributed by atoms with Crippen LogP contribution in [0.2, 0.25) is 0 Å². The molecule has 1 aliphatic rings. The Hall–Kier alpha value is -4.07. The van der Waals surface area contributed by atoms with E-state index < -0.39 is 36.3 Å². The van der Waals surface area contributed by atoms with Crippen LogP contribution in [0.4, 0.5) is 0 Å². The van der Waals surface area contributed by atoms with Gasteiger partial charge in [0, 0.05) is 12.5 Å². The van der Waals surface area contributed by atoms with E-state index in [1.807, 2.05) is 73.7 Å². The zero-order valence-corrected chi connectivity index (χ0v) is 28.1. The maximum Gasteiger partial charge on any atom is 0.333 e. The van der Waals surface area contributed by atoms with E-state index in [0.717, 1.165) is 54.5 Å².